The fraction of sp³-hybridized carbons (Fsp3) is 0.227. The Bertz CT molecular complexity index is 1240. The topological polar surface area (TPSA) is 86.3 Å². The van der Waals surface area contributed by atoms with Gasteiger partial charge in [-0.1, -0.05) is 18.2 Å². The number of hydrogen-bond donors (Lipinski definition) is 1. The second-order valence-corrected chi connectivity index (χ2v) is 7.17. The lowest BCUT2D eigenvalue weighted by Crippen LogP contribution is -2.36. The zero-order valence-corrected chi connectivity index (χ0v) is 16.1. The highest BCUT2D eigenvalue weighted by molar-refractivity contribution is 6.06. The maximum absolute atomic E-state index is 12.2. The Labute approximate surface area is 167 Å². The van der Waals surface area contributed by atoms with Crippen LogP contribution in [0.15, 0.2) is 48.7 Å². The highest BCUT2D eigenvalue weighted by Gasteiger charge is 2.21. The normalized spacial score (nSPS) is 14.6. The van der Waals surface area contributed by atoms with Gasteiger partial charge in [-0.2, -0.15) is 0 Å². The number of carbonyl (C=O) groups is 1. The molecule has 2 aromatic carbocycles. The van der Waals surface area contributed by atoms with E-state index in [9.17, 15) is 4.79 Å². The number of primary amides is 1. The van der Waals surface area contributed by atoms with Gasteiger partial charge in [0, 0.05) is 30.4 Å². The molecular weight excluding hydrogens is 366 g/mol. The molecule has 2 N–H and O–H groups in total. The van der Waals surface area contributed by atoms with Crippen LogP contribution in [0, 0.1) is 6.92 Å². The van der Waals surface area contributed by atoms with Crippen molar-refractivity contribution < 1.29 is 9.53 Å². The number of morpholine rings is 1. The molecule has 5 rings (SSSR count). The molecule has 2 aromatic heterocycles. The van der Waals surface area contributed by atoms with Crippen LogP contribution in [-0.4, -0.2) is 46.7 Å². The van der Waals surface area contributed by atoms with Crippen LogP contribution < -0.4 is 10.6 Å². The summed E-state index contributed by atoms with van der Waals surface area (Å²) >= 11 is 0. The number of pyridine rings is 1. The van der Waals surface area contributed by atoms with Crippen LogP contribution in [0.4, 0.5) is 5.69 Å². The van der Waals surface area contributed by atoms with E-state index in [1.807, 2.05) is 43.3 Å². The molecule has 0 radical (unpaired) electrons. The summed E-state index contributed by atoms with van der Waals surface area (Å²) in [5.74, 6) is 0.312. The van der Waals surface area contributed by atoms with Crippen LogP contribution in [0.1, 0.15) is 16.2 Å². The Morgan fingerprint density at radius 2 is 1.93 bits per heavy atom. The van der Waals surface area contributed by atoms with Crippen LogP contribution in [0.3, 0.4) is 0 Å². The Kier molecular flexibility index (Phi) is 4.17. The average molecular weight is 387 g/mol. The van der Waals surface area contributed by atoms with Crippen molar-refractivity contribution in [2.24, 2.45) is 5.73 Å². The zero-order valence-electron chi connectivity index (χ0n) is 16.1. The summed E-state index contributed by atoms with van der Waals surface area (Å²) in [6.45, 7) is 4.81. The molecule has 0 bridgehead atoms. The van der Waals surface area contributed by atoms with Gasteiger partial charge < -0.3 is 15.4 Å². The number of anilines is 1. The molecule has 29 heavy (non-hydrogen) atoms. The summed E-state index contributed by atoms with van der Waals surface area (Å²) in [6.07, 6.45) is 1.80. The molecule has 4 aromatic rings. The first-order chi connectivity index (χ1) is 14.1. The number of fused-ring (bicyclic) bond motifs is 2. The number of para-hydroxylation sites is 1. The number of aromatic nitrogens is 3. The van der Waals surface area contributed by atoms with E-state index in [0.29, 0.717) is 24.3 Å². The maximum Gasteiger partial charge on any atom is 0.251 e. The fourth-order valence-electron chi connectivity index (χ4n) is 4.05. The van der Waals surface area contributed by atoms with E-state index in [1.54, 1.807) is 6.20 Å². The molecule has 0 saturated carbocycles. The molecule has 7 nitrogen and oxygen atoms in total. The number of imidazole rings is 1. The van der Waals surface area contributed by atoms with Crippen molar-refractivity contribution in [2.45, 2.75) is 6.92 Å². The summed E-state index contributed by atoms with van der Waals surface area (Å²) in [6, 6.07) is 13.9. The number of nitrogens with two attached hydrogens (primary N) is 1. The first kappa shape index (κ1) is 17.6. The average Bonchev–Trinajstić information content (AvgIpc) is 3.08. The predicted molar refractivity (Wildman–Crippen MR) is 113 cm³/mol. The summed E-state index contributed by atoms with van der Waals surface area (Å²) in [7, 11) is 0. The minimum Gasteiger partial charge on any atom is -0.378 e. The quantitative estimate of drug-likeness (QED) is 0.584. The minimum atomic E-state index is -0.477. The molecule has 1 amide bonds. The number of ether oxygens (including phenoxy) is 1. The van der Waals surface area contributed by atoms with Gasteiger partial charge in [0.1, 0.15) is 11.3 Å². The van der Waals surface area contributed by atoms with E-state index in [2.05, 4.69) is 20.5 Å². The first-order valence-electron chi connectivity index (χ1n) is 9.63. The third kappa shape index (κ3) is 2.91. The molecule has 3 heterocycles. The van der Waals surface area contributed by atoms with Gasteiger partial charge in [0.25, 0.3) is 5.91 Å². The van der Waals surface area contributed by atoms with Gasteiger partial charge in [0.05, 0.1) is 35.5 Å². The largest absolute Gasteiger partial charge is 0.378 e. The Balaban J connectivity index is 1.80. The smallest absolute Gasteiger partial charge is 0.251 e. The molecule has 1 saturated heterocycles. The molecule has 0 aliphatic carbocycles. The van der Waals surface area contributed by atoms with Gasteiger partial charge in [0.2, 0.25) is 0 Å². The van der Waals surface area contributed by atoms with E-state index >= 15 is 0 Å². The van der Waals surface area contributed by atoms with E-state index < -0.39 is 5.91 Å². The number of rotatable bonds is 3. The second-order valence-electron chi connectivity index (χ2n) is 7.17. The molecular formula is C22H21N5O2. The zero-order chi connectivity index (χ0) is 20.0. The number of carbonyl (C=O) groups excluding carboxylic acids is 1. The summed E-state index contributed by atoms with van der Waals surface area (Å²) < 4.78 is 7.55. The predicted octanol–water partition coefficient (Wildman–Crippen LogP) is 2.82. The molecule has 7 heteroatoms. The van der Waals surface area contributed by atoms with Crippen molar-refractivity contribution in [3.63, 3.8) is 0 Å². The number of nitrogens with zero attached hydrogens (tertiary/aromatic N) is 4. The Morgan fingerprint density at radius 1 is 1.14 bits per heavy atom. The number of amides is 1. The Morgan fingerprint density at radius 3 is 2.72 bits per heavy atom. The molecule has 1 aliphatic heterocycles. The molecule has 1 aliphatic rings. The highest BCUT2D eigenvalue weighted by atomic mass is 16.5. The monoisotopic (exact) mass is 387 g/mol. The molecule has 0 unspecified atom stereocenters. The summed E-state index contributed by atoms with van der Waals surface area (Å²) in [5.41, 5.74) is 10.5. The third-order valence-electron chi connectivity index (χ3n) is 5.42. The fourth-order valence-corrected chi connectivity index (χ4v) is 4.05. The minimum absolute atomic E-state index is 0.434. The van der Waals surface area contributed by atoms with Crippen LogP contribution >= 0.6 is 0 Å². The Hall–Kier alpha value is -3.45. The van der Waals surface area contributed by atoms with Gasteiger partial charge in [0.15, 0.2) is 0 Å². The van der Waals surface area contributed by atoms with E-state index in [4.69, 9.17) is 15.5 Å². The van der Waals surface area contributed by atoms with Crippen molar-refractivity contribution in [2.75, 3.05) is 31.2 Å². The van der Waals surface area contributed by atoms with Crippen molar-refractivity contribution in [1.82, 2.24) is 14.5 Å². The second kappa shape index (κ2) is 6.86. The molecule has 146 valence electrons. The summed E-state index contributed by atoms with van der Waals surface area (Å²) in [4.78, 5) is 23.6. The van der Waals surface area contributed by atoms with Crippen LogP contribution in [0.25, 0.3) is 27.6 Å². The van der Waals surface area contributed by atoms with Crippen molar-refractivity contribution >= 4 is 33.5 Å². The maximum atomic E-state index is 12.2. The van der Waals surface area contributed by atoms with Crippen molar-refractivity contribution in [3.8, 4) is 5.69 Å². The van der Waals surface area contributed by atoms with Gasteiger partial charge >= 0.3 is 0 Å². The highest BCUT2D eigenvalue weighted by Crippen LogP contribution is 2.31. The van der Waals surface area contributed by atoms with Crippen molar-refractivity contribution in [1.29, 1.82) is 0 Å². The third-order valence-corrected chi connectivity index (χ3v) is 5.42. The number of benzene rings is 2. The number of hydrogen-bond acceptors (Lipinski definition) is 5. The number of aryl methyl sites for hydroxylation is 1. The lowest BCUT2D eigenvalue weighted by Gasteiger charge is -2.29. The molecule has 0 spiro atoms. The first-order valence-corrected chi connectivity index (χ1v) is 9.63. The van der Waals surface area contributed by atoms with Gasteiger partial charge in [-0.05, 0) is 31.2 Å². The van der Waals surface area contributed by atoms with Crippen LogP contribution in [-0.2, 0) is 4.74 Å². The molecule has 1 fully saturated rings. The van der Waals surface area contributed by atoms with E-state index in [-0.39, 0.29) is 0 Å². The van der Waals surface area contributed by atoms with Gasteiger partial charge in [-0.25, -0.2) is 4.98 Å². The van der Waals surface area contributed by atoms with Crippen LogP contribution in [0.2, 0.25) is 0 Å². The van der Waals surface area contributed by atoms with Gasteiger partial charge in [-0.15, -0.1) is 0 Å². The van der Waals surface area contributed by atoms with Crippen molar-refractivity contribution in [3.05, 3.63) is 60.0 Å². The van der Waals surface area contributed by atoms with Gasteiger partial charge in [-0.3, -0.25) is 14.3 Å². The SMILES string of the molecule is Cc1nc2c(C(N)=O)cc(N3CCOCC3)cc2n1-c1ccnc2ccccc12. The standard InChI is InChI=1S/C22H21N5O2/c1-14-25-21-17(22(23)28)12-15(26-8-10-29-11-9-26)13-20(21)27(14)19-6-7-24-18-5-3-2-4-16(18)19/h2-7,12-13H,8-11H2,1H3,(H2,23,28). The van der Waals surface area contributed by atoms with E-state index in [1.165, 1.54) is 0 Å². The lowest BCUT2D eigenvalue weighted by atomic mass is 10.1. The lowest BCUT2D eigenvalue weighted by molar-refractivity contribution is 0.100. The summed E-state index contributed by atoms with van der Waals surface area (Å²) in [5, 5.41) is 1.02. The molecule has 0 atom stereocenters. The van der Waals surface area contributed by atoms with Crippen LogP contribution in [0.5, 0.6) is 0 Å². The van der Waals surface area contributed by atoms with E-state index in [0.717, 1.165) is 46.7 Å².